The Hall–Kier alpha value is -3.36. The summed E-state index contributed by atoms with van der Waals surface area (Å²) in [4.78, 5) is 51.6. The molecule has 2 unspecified atom stereocenters. The summed E-state index contributed by atoms with van der Waals surface area (Å²) >= 11 is 0. The van der Waals surface area contributed by atoms with E-state index in [1.165, 1.54) is 18.5 Å². The maximum Gasteiger partial charge on any atom is 0.312 e. The summed E-state index contributed by atoms with van der Waals surface area (Å²) in [7, 11) is 1.75. The molecule has 4 aliphatic rings. The van der Waals surface area contributed by atoms with E-state index in [9.17, 15) is 19.2 Å². The maximum atomic E-state index is 13.5. The molecule has 2 aromatic rings. The molecule has 0 aliphatic heterocycles. The van der Waals surface area contributed by atoms with E-state index in [-0.39, 0.29) is 28.7 Å². The van der Waals surface area contributed by atoms with E-state index in [0.717, 1.165) is 32.1 Å². The molecule has 0 spiro atoms. The van der Waals surface area contributed by atoms with E-state index < -0.39 is 17.4 Å². The van der Waals surface area contributed by atoms with Crippen molar-refractivity contribution < 1.29 is 19.1 Å². The zero-order valence-corrected chi connectivity index (χ0v) is 21.3. The summed E-state index contributed by atoms with van der Waals surface area (Å²) in [6.45, 7) is 4.81. The Morgan fingerprint density at radius 1 is 1.08 bits per heavy atom. The highest BCUT2D eigenvalue weighted by Crippen LogP contribution is 2.62. The Kier molecular flexibility index (Phi) is 5.84. The summed E-state index contributed by atoms with van der Waals surface area (Å²) in [5.41, 5.74) is 0.0468. The van der Waals surface area contributed by atoms with Crippen LogP contribution in [0.15, 0.2) is 35.1 Å². The molecule has 6 rings (SSSR count). The van der Waals surface area contributed by atoms with Crippen LogP contribution in [0.1, 0.15) is 58.1 Å². The van der Waals surface area contributed by atoms with Gasteiger partial charge in [-0.1, -0.05) is 18.2 Å². The molecule has 4 bridgehead atoms. The molecular weight excluding hydrogens is 460 g/mol. The van der Waals surface area contributed by atoms with E-state index in [1.54, 1.807) is 18.7 Å². The minimum Gasteiger partial charge on any atom is -0.452 e. The first-order valence-corrected chi connectivity index (χ1v) is 12.7. The van der Waals surface area contributed by atoms with Crippen LogP contribution in [0.3, 0.4) is 0 Å². The first kappa shape index (κ1) is 24.3. The fraction of sp³-hybridized carbons (Fsp3) is 0.556. The van der Waals surface area contributed by atoms with Crippen LogP contribution >= 0.6 is 0 Å². The number of rotatable bonds is 6. The Morgan fingerprint density at radius 2 is 1.72 bits per heavy atom. The van der Waals surface area contributed by atoms with Gasteiger partial charge in [-0.15, -0.1) is 0 Å². The minimum atomic E-state index is -1.06. The highest BCUT2D eigenvalue weighted by Gasteiger charge is 2.61. The first-order chi connectivity index (χ1) is 17.0. The fourth-order valence-electron chi connectivity index (χ4n) is 7.30. The fourth-order valence-corrected chi connectivity index (χ4v) is 7.30. The Morgan fingerprint density at radius 3 is 2.33 bits per heavy atom. The third-order valence-electron chi connectivity index (χ3n) is 8.39. The van der Waals surface area contributed by atoms with Gasteiger partial charge in [0.2, 0.25) is 5.91 Å². The van der Waals surface area contributed by atoms with Crippen molar-refractivity contribution in [2.45, 2.75) is 70.9 Å². The lowest BCUT2D eigenvalue weighted by Gasteiger charge is -2.60. The second-order valence-corrected chi connectivity index (χ2v) is 11.2. The largest absolute Gasteiger partial charge is 0.452 e. The number of para-hydroxylation sites is 1. The molecule has 36 heavy (non-hydrogen) atoms. The van der Waals surface area contributed by atoms with Gasteiger partial charge in [0, 0.05) is 19.5 Å². The lowest BCUT2D eigenvalue weighted by Crippen LogP contribution is -2.65. The van der Waals surface area contributed by atoms with Gasteiger partial charge < -0.3 is 15.4 Å². The van der Waals surface area contributed by atoms with E-state index in [2.05, 4.69) is 10.6 Å². The standard InChI is InChI=1S/C27H34N4O5/c1-16-22(24(34)31(30(16)4)21-8-6-5-7-9-21)28-23(33)17(2)36-25(35)26-11-19-10-20(12-26)14-27(13-19,15-26)29-18(3)32/h5-9,17,19-20H,10-15H2,1-4H3,(H,28,33)(H,29,32)/t17-,19-,20+,26?,27?/m1/s1. The molecule has 1 heterocycles. The molecule has 0 saturated heterocycles. The molecule has 5 atom stereocenters. The normalized spacial score (nSPS) is 29.0. The second kappa shape index (κ2) is 8.64. The van der Waals surface area contributed by atoms with Crippen LogP contribution in [0.25, 0.3) is 5.69 Å². The summed E-state index contributed by atoms with van der Waals surface area (Å²) in [6, 6.07) is 9.17. The van der Waals surface area contributed by atoms with Crippen LogP contribution < -0.4 is 16.2 Å². The predicted octanol–water partition coefficient (Wildman–Crippen LogP) is 2.83. The molecule has 9 nitrogen and oxygen atoms in total. The number of anilines is 1. The molecule has 192 valence electrons. The minimum absolute atomic E-state index is 0.0763. The van der Waals surface area contributed by atoms with E-state index in [0.29, 0.717) is 29.6 Å². The quantitative estimate of drug-likeness (QED) is 0.600. The smallest absolute Gasteiger partial charge is 0.312 e. The monoisotopic (exact) mass is 494 g/mol. The van der Waals surface area contributed by atoms with Gasteiger partial charge in [-0.05, 0) is 76.3 Å². The first-order valence-electron chi connectivity index (χ1n) is 12.7. The molecule has 4 aliphatic carbocycles. The summed E-state index contributed by atoms with van der Waals surface area (Å²) in [5.74, 6) is -0.250. The number of aromatic nitrogens is 2. The van der Waals surface area contributed by atoms with Crippen LogP contribution in [0.5, 0.6) is 0 Å². The van der Waals surface area contributed by atoms with Gasteiger partial charge in [0.1, 0.15) is 5.69 Å². The van der Waals surface area contributed by atoms with Crippen molar-refractivity contribution in [1.82, 2.24) is 14.7 Å². The lowest BCUT2D eigenvalue weighted by molar-refractivity contribution is -0.181. The van der Waals surface area contributed by atoms with E-state index >= 15 is 0 Å². The Labute approximate surface area is 210 Å². The van der Waals surface area contributed by atoms with Crippen molar-refractivity contribution >= 4 is 23.5 Å². The molecule has 2 N–H and O–H groups in total. The van der Waals surface area contributed by atoms with Crippen molar-refractivity contribution in [2.24, 2.45) is 24.3 Å². The molecule has 0 radical (unpaired) electrons. The zero-order chi connectivity index (χ0) is 25.8. The van der Waals surface area contributed by atoms with Gasteiger partial charge in [0.25, 0.3) is 11.5 Å². The molecule has 9 heteroatoms. The van der Waals surface area contributed by atoms with Gasteiger partial charge in [0.15, 0.2) is 6.10 Å². The topological polar surface area (TPSA) is 111 Å². The number of nitrogens with one attached hydrogen (secondary N) is 2. The Bertz CT molecular complexity index is 1260. The second-order valence-electron chi connectivity index (χ2n) is 11.2. The molecule has 1 aromatic carbocycles. The van der Waals surface area contributed by atoms with Gasteiger partial charge >= 0.3 is 5.97 Å². The van der Waals surface area contributed by atoms with Crippen LogP contribution in [0.4, 0.5) is 5.69 Å². The van der Waals surface area contributed by atoms with Gasteiger partial charge in [-0.3, -0.25) is 23.9 Å². The van der Waals surface area contributed by atoms with Crippen LogP contribution in [0.2, 0.25) is 0 Å². The zero-order valence-electron chi connectivity index (χ0n) is 21.3. The third kappa shape index (κ3) is 4.04. The van der Waals surface area contributed by atoms with Crippen molar-refractivity contribution in [1.29, 1.82) is 0 Å². The van der Waals surface area contributed by atoms with E-state index in [1.807, 2.05) is 30.3 Å². The average molecular weight is 495 g/mol. The number of nitrogens with zero attached hydrogens (tertiary/aromatic N) is 2. The number of carbonyl (C=O) groups excluding carboxylic acids is 3. The van der Waals surface area contributed by atoms with Gasteiger partial charge in [0.05, 0.1) is 16.8 Å². The van der Waals surface area contributed by atoms with Gasteiger partial charge in [-0.25, -0.2) is 4.68 Å². The van der Waals surface area contributed by atoms with Crippen LogP contribution in [-0.2, 0) is 26.2 Å². The number of hydrogen-bond acceptors (Lipinski definition) is 5. The predicted molar refractivity (Wildman–Crippen MR) is 134 cm³/mol. The molecule has 4 saturated carbocycles. The van der Waals surface area contributed by atoms with Crippen molar-refractivity contribution in [2.75, 3.05) is 5.32 Å². The Balaban J connectivity index is 1.31. The molecule has 1 aromatic heterocycles. The van der Waals surface area contributed by atoms with Crippen molar-refractivity contribution in [3.63, 3.8) is 0 Å². The number of ether oxygens (including phenoxy) is 1. The maximum absolute atomic E-state index is 13.5. The summed E-state index contributed by atoms with van der Waals surface area (Å²) < 4.78 is 8.91. The van der Waals surface area contributed by atoms with Gasteiger partial charge in [-0.2, -0.15) is 0 Å². The highest BCUT2D eigenvalue weighted by atomic mass is 16.5. The summed E-state index contributed by atoms with van der Waals surface area (Å²) in [5, 5.41) is 5.84. The van der Waals surface area contributed by atoms with E-state index in [4.69, 9.17) is 4.74 Å². The molecule has 4 fully saturated rings. The SMILES string of the molecule is CC(=O)NC12C[C@H]3C[C@@H](C1)CC(C(=O)O[C@H](C)C(=O)Nc1c(C)n(C)n(-c4ccccc4)c1=O)(C3)C2. The lowest BCUT2D eigenvalue weighted by atomic mass is 9.47. The highest BCUT2D eigenvalue weighted by molar-refractivity contribution is 5.96. The number of benzene rings is 1. The number of carbonyl (C=O) groups is 3. The van der Waals surface area contributed by atoms with Crippen molar-refractivity contribution in [3.8, 4) is 5.69 Å². The molecular formula is C27H34N4O5. The average Bonchev–Trinajstić information content (AvgIpc) is 3.00. The third-order valence-corrected chi connectivity index (χ3v) is 8.39. The number of esters is 1. The summed E-state index contributed by atoms with van der Waals surface area (Å²) in [6.07, 6.45) is 3.83. The number of hydrogen-bond donors (Lipinski definition) is 2. The number of amides is 2. The van der Waals surface area contributed by atoms with Crippen LogP contribution in [0, 0.1) is 24.2 Å². The molecule has 2 amide bonds. The van der Waals surface area contributed by atoms with Crippen LogP contribution in [-0.4, -0.2) is 38.8 Å². The van der Waals surface area contributed by atoms with Crippen molar-refractivity contribution in [3.05, 3.63) is 46.4 Å².